The Morgan fingerprint density at radius 3 is 2.94 bits per heavy atom. The molecule has 0 unspecified atom stereocenters. The molecule has 2 rings (SSSR count). The number of hydrogen-bond donors (Lipinski definition) is 1. The largest absolute Gasteiger partial charge is 0.352 e. The zero-order valence-electron chi connectivity index (χ0n) is 9.08. The summed E-state index contributed by atoms with van der Waals surface area (Å²) in [6.07, 6.45) is 6.60. The van der Waals surface area contributed by atoms with E-state index in [0.29, 0.717) is 11.5 Å². The third kappa shape index (κ3) is 2.73. The second kappa shape index (κ2) is 5.30. The van der Waals surface area contributed by atoms with Crippen molar-refractivity contribution in [3.8, 4) is 0 Å². The topological polar surface area (TPSA) is 42.0 Å². The van der Waals surface area contributed by atoms with Crippen LogP contribution in [0.1, 0.15) is 36.0 Å². The lowest BCUT2D eigenvalue weighted by Crippen LogP contribution is -2.28. The summed E-state index contributed by atoms with van der Waals surface area (Å²) < 4.78 is 0. The lowest BCUT2D eigenvalue weighted by atomic mass is 10.1. The van der Waals surface area contributed by atoms with Gasteiger partial charge in [-0.05, 0) is 30.9 Å². The zero-order chi connectivity index (χ0) is 11.4. The normalized spacial score (nSPS) is 16.3. The minimum absolute atomic E-state index is 0.120. The van der Waals surface area contributed by atoms with E-state index in [4.69, 9.17) is 11.6 Å². The molecule has 0 aliphatic heterocycles. The Bertz CT molecular complexity index is 375. The molecular weight excluding hydrogens is 224 g/mol. The van der Waals surface area contributed by atoms with Crippen molar-refractivity contribution in [2.24, 2.45) is 5.92 Å². The van der Waals surface area contributed by atoms with Crippen molar-refractivity contribution in [2.75, 3.05) is 6.54 Å². The molecule has 1 aromatic rings. The lowest BCUT2D eigenvalue weighted by Gasteiger charge is -2.10. The van der Waals surface area contributed by atoms with Gasteiger partial charge in [0.25, 0.3) is 5.91 Å². The highest BCUT2D eigenvalue weighted by Gasteiger charge is 2.17. The van der Waals surface area contributed by atoms with E-state index in [-0.39, 0.29) is 11.1 Å². The van der Waals surface area contributed by atoms with Crippen LogP contribution in [0.3, 0.4) is 0 Å². The van der Waals surface area contributed by atoms with E-state index in [9.17, 15) is 4.79 Å². The van der Waals surface area contributed by atoms with E-state index in [1.54, 1.807) is 18.3 Å². The first-order valence-corrected chi connectivity index (χ1v) is 6.04. The third-order valence-electron chi connectivity index (χ3n) is 3.03. The van der Waals surface area contributed by atoms with Gasteiger partial charge in [-0.15, -0.1) is 0 Å². The van der Waals surface area contributed by atoms with E-state index >= 15 is 0 Å². The molecule has 1 fully saturated rings. The van der Waals surface area contributed by atoms with Gasteiger partial charge in [0.2, 0.25) is 0 Å². The van der Waals surface area contributed by atoms with Crippen molar-refractivity contribution in [3.63, 3.8) is 0 Å². The molecule has 1 saturated carbocycles. The Balaban J connectivity index is 1.90. The van der Waals surface area contributed by atoms with Crippen LogP contribution in [-0.2, 0) is 0 Å². The Kier molecular flexibility index (Phi) is 3.78. The van der Waals surface area contributed by atoms with E-state index < -0.39 is 0 Å². The van der Waals surface area contributed by atoms with Crippen LogP contribution in [0.25, 0.3) is 0 Å². The third-order valence-corrected chi connectivity index (χ3v) is 3.33. The SMILES string of the molecule is O=C(NCC1CCCC1)c1cccnc1Cl. The maximum Gasteiger partial charge on any atom is 0.254 e. The fourth-order valence-corrected chi connectivity index (χ4v) is 2.31. The van der Waals surface area contributed by atoms with Gasteiger partial charge in [0.1, 0.15) is 5.15 Å². The van der Waals surface area contributed by atoms with Gasteiger partial charge in [-0.3, -0.25) is 4.79 Å². The predicted molar refractivity (Wildman–Crippen MR) is 63.5 cm³/mol. The summed E-state index contributed by atoms with van der Waals surface area (Å²) in [5.74, 6) is 0.518. The highest BCUT2D eigenvalue weighted by molar-refractivity contribution is 6.32. The standard InChI is InChI=1S/C12H15ClN2O/c13-11-10(6-3-7-14-11)12(16)15-8-9-4-1-2-5-9/h3,6-7,9H,1-2,4-5,8H2,(H,15,16). The maximum absolute atomic E-state index is 11.8. The quantitative estimate of drug-likeness (QED) is 0.823. The van der Waals surface area contributed by atoms with Crippen molar-refractivity contribution >= 4 is 17.5 Å². The fraction of sp³-hybridized carbons (Fsp3) is 0.500. The first-order chi connectivity index (χ1) is 7.77. The van der Waals surface area contributed by atoms with Gasteiger partial charge in [-0.25, -0.2) is 4.98 Å². The summed E-state index contributed by atoms with van der Waals surface area (Å²) in [4.78, 5) is 15.7. The summed E-state index contributed by atoms with van der Waals surface area (Å²) >= 11 is 5.84. The van der Waals surface area contributed by atoms with Gasteiger partial charge in [0.05, 0.1) is 5.56 Å². The molecule has 86 valence electrons. The van der Waals surface area contributed by atoms with Gasteiger partial charge in [0.15, 0.2) is 0 Å². The van der Waals surface area contributed by atoms with Gasteiger partial charge >= 0.3 is 0 Å². The lowest BCUT2D eigenvalue weighted by molar-refractivity contribution is 0.0947. The molecule has 1 heterocycles. The number of hydrogen-bond acceptors (Lipinski definition) is 2. The molecule has 16 heavy (non-hydrogen) atoms. The number of nitrogens with one attached hydrogen (secondary N) is 1. The average molecular weight is 239 g/mol. The van der Waals surface area contributed by atoms with Gasteiger partial charge in [-0.1, -0.05) is 24.4 Å². The van der Waals surface area contributed by atoms with Crippen molar-refractivity contribution in [1.82, 2.24) is 10.3 Å². The molecular formula is C12H15ClN2O. The van der Waals surface area contributed by atoms with Crippen LogP contribution in [-0.4, -0.2) is 17.4 Å². The van der Waals surface area contributed by atoms with Crippen molar-refractivity contribution in [2.45, 2.75) is 25.7 Å². The molecule has 4 heteroatoms. The summed E-state index contributed by atoms with van der Waals surface area (Å²) in [6.45, 7) is 0.754. The number of nitrogens with zero attached hydrogens (tertiary/aromatic N) is 1. The molecule has 0 aromatic carbocycles. The van der Waals surface area contributed by atoms with Crippen LogP contribution in [0.15, 0.2) is 18.3 Å². The van der Waals surface area contributed by atoms with Gasteiger partial charge in [-0.2, -0.15) is 0 Å². The van der Waals surface area contributed by atoms with Crippen LogP contribution in [0, 0.1) is 5.92 Å². The minimum atomic E-state index is -0.120. The fourth-order valence-electron chi connectivity index (χ4n) is 2.10. The highest BCUT2D eigenvalue weighted by atomic mass is 35.5. The molecule has 3 nitrogen and oxygen atoms in total. The number of carbonyl (C=O) groups excluding carboxylic acids is 1. The van der Waals surface area contributed by atoms with Crippen LogP contribution in [0.4, 0.5) is 0 Å². The Labute approximate surface area is 100 Å². The van der Waals surface area contributed by atoms with Crippen LogP contribution in [0.5, 0.6) is 0 Å². The van der Waals surface area contributed by atoms with E-state index in [1.807, 2.05) is 0 Å². The number of carbonyl (C=O) groups is 1. The molecule has 0 saturated heterocycles. The van der Waals surface area contributed by atoms with Crippen LogP contribution in [0.2, 0.25) is 5.15 Å². The number of pyridine rings is 1. The molecule has 1 aliphatic rings. The van der Waals surface area contributed by atoms with Gasteiger partial charge < -0.3 is 5.32 Å². The Morgan fingerprint density at radius 2 is 2.25 bits per heavy atom. The van der Waals surface area contributed by atoms with Gasteiger partial charge in [0, 0.05) is 12.7 Å². The molecule has 1 N–H and O–H groups in total. The predicted octanol–water partition coefficient (Wildman–Crippen LogP) is 2.66. The van der Waals surface area contributed by atoms with E-state index in [1.165, 1.54) is 25.7 Å². The number of aromatic nitrogens is 1. The first-order valence-electron chi connectivity index (χ1n) is 5.66. The van der Waals surface area contributed by atoms with Crippen LogP contribution < -0.4 is 5.32 Å². The summed E-state index contributed by atoms with van der Waals surface area (Å²) in [5, 5.41) is 3.19. The average Bonchev–Trinajstić information content (AvgIpc) is 2.79. The maximum atomic E-state index is 11.8. The second-order valence-corrected chi connectivity index (χ2v) is 4.56. The minimum Gasteiger partial charge on any atom is -0.352 e. The van der Waals surface area contributed by atoms with Crippen molar-refractivity contribution in [1.29, 1.82) is 0 Å². The van der Waals surface area contributed by atoms with E-state index in [0.717, 1.165) is 6.54 Å². The first kappa shape index (κ1) is 11.4. The smallest absolute Gasteiger partial charge is 0.254 e. The summed E-state index contributed by atoms with van der Waals surface area (Å²) in [6, 6.07) is 3.41. The molecule has 0 bridgehead atoms. The summed E-state index contributed by atoms with van der Waals surface area (Å²) in [7, 11) is 0. The number of rotatable bonds is 3. The molecule has 0 atom stereocenters. The summed E-state index contributed by atoms with van der Waals surface area (Å²) in [5.41, 5.74) is 0.460. The van der Waals surface area contributed by atoms with Crippen molar-refractivity contribution in [3.05, 3.63) is 29.0 Å². The number of halogens is 1. The number of amides is 1. The molecule has 1 amide bonds. The Morgan fingerprint density at radius 1 is 1.50 bits per heavy atom. The molecule has 0 spiro atoms. The Hall–Kier alpha value is -1.09. The molecule has 0 radical (unpaired) electrons. The van der Waals surface area contributed by atoms with Crippen molar-refractivity contribution < 1.29 is 4.79 Å². The zero-order valence-corrected chi connectivity index (χ0v) is 9.83. The van der Waals surface area contributed by atoms with Crippen LogP contribution >= 0.6 is 11.6 Å². The second-order valence-electron chi connectivity index (χ2n) is 4.20. The molecule has 1 aromatic heterocycles. The van der Waals surface area contributed by atoms with E-state index in [2.05, 4.69) is 10.3 Å². The monoisotopic (exact) mass is 238 g/mol. The molecule has 1 aliphatic carbocycles. The highest BCUT2D eigenvalue weighted by Crippen LogP contribution is 2.23.